The predicted molar refractivity (Wildman–Crippen MR) is 231 cm³/mol. The van der Waals surface area contributed by atoms with Crippen LogP contribution in [0.3, 0.4) is 0 Å². The molecule has 0 amide bonds. The number of fused-ring (bicyclic) bond motifs is 10. The molecule has 3 heterocycles. The number of hydrogen-bond donors (Lipinski definition) is 1. The number of nitrogens with one attached hydrogen (secondary N) is 1. The number of hydrogen-bond acceptors (Lipinski definition) is 5. The minimum atomic E-state index is -0.351. The Balaban J connectivity index is 1.01. The van der Waals surface area contributed by atoms with Crippen LogP contribution in [0.2, 0.25) is 0 Å². The fraction of sp³-hybridized carbons (Fsp3) is 0.0196. The summed E-state index contributed by atoms with van der Waals surface area (Å²) in [7, 11) is 0. The van der Waals surface area contributed by atoms with Gasteiger partial charge in [-0.15, -0.1) is 0 Å². The van der Waals surface area contributed by atoms with E-state index in [1.165, 1.54) is 26.9 Å². The summed E-state index contributed by atoms with van der Waals surface area (Å²) in [6, 6.07) is 61.6. The maximum absolute atomic E-state index is 6.65. The average molecular weight is 718 g/mol. The van der Waals surface area contributed by atoms with Gasteiger partial charge in [0.1, 0.15) is 34.3 Å². The highest BCUT2D eigenvalue weighted by Crippen LogP contribution is 2.41. The van der Waals surface area contributed by atoms with Crippen molar-refractivity contribution < 1.29 is 8.83 Å². The van der Waals surface area contributed by atoms with Gasteiger partial charge in [-0.1, -0.05) is 133 Å². The molecule has 0 spiro atoms. The quantitative estimate of drug-likeness (QED) is 0.184. The number of benzene rings is 9. The molecule has 0 radical (unpaired) electrons. The van der Waals surface area contributed by atoms with Crippen molar-refractivity contribution >= 4 is 87.9 Å². The molecule has 12 rings (SSSR count). The number of rotatable bonds is 4. The first-order chi connectivity index (χ1) is 27.7. The monoisotopic (exact) mass is 717 g/mol. The average Bonchev–Trinajstić information content (AvgIpc) is 3.83. The second-order valence-electron chi connectivity index (χ2n) is 14.6. The molecule has 0 bridgehead atoms. The van der Waals surface area contributed by atoms with E-state index >= 15 is 0 Å². The smallest absolute Gasteiger partial charge is 0.160 e. The Hall–Kier alpha value is -7.50. The van der Waals surface area contributed by atoms with Crippen LogP contribution in [0.4, 0.5) is 0 Å². The number of aliphatic imine (C=N–C) groups is 2. The fourth-order valence-corrected chi connectivity index (χ4v) is 8.62. The van der Waals surface area contributed by atoms with Crippen LogP contribution >= 0.6 is 0 Å². The summed E-state index contributed by atoms with van der Waals surface area (Å²) in [5.74, 6) is 1.44. The molecule has 1 aliphatic rings. The standard InChI is InChI=1S/C51H31N3O2/c1-2-11-31(12-3-1)49-52-50(36-23-24-38-34(26-36)21-20-30-10-6-7-15-37(30)38)54-51(53-49)41-17-9-19-44-48(41)40-25-22-35(29-45(40)55-44)39-16-8-18-43-47(39)42-27-32-13-4-5-14-33(32)28-46(42)56-43/h1-29,50H,(H,52,53,54). The summed E-state index contributed by atoms with van der Waals surface area (Å²) in [4.78, 5) is 10.5. The lowest BCUT2D eigenvalue weighted by Crippen LogP contribution is -2.33. The maximum atomic E-state index is 6.65. The van der Waals surface area contributed by atoms with Gasteiger partial charge >= 0.3 is 0 Å². The molecule has 262 valence electrons. The van der Waals surface area contributed by atoms with Crippen molar-refractivity contribution in [2.75, 3.05) is 0 Å². The molecular formula is C51H31N3O2. The maximum Gasteiger partial charge on any atom is 0.160 e. The second-order valence-corrected chi connectivity index (χ2v) is 14.6. The molecule has 0 fully saturated rings. The first kappa shape index (κ1) is 30.9. The van der Waals surface area contributed by atoms with Gasteiger partial charge < -0.3 is 14.2 Å². The third-order valence-electron chi connectivity index (χ3n) is 11.3. The van der Waals surface area contributed by atoms with Gasteiger partial charge in [0.15, 0.2) is 5.84 Å². The molecule has 1 aliphatic heterocycles. The number of nitrogens with zero attached hydrogens (tertiary/aromatic N) is 2. The summed E-state index contributed by atoms with van der Waals surface area (Å²) in [6.45, 7) is 0. The van der Waals surface area contributed by atoms with Crippen molar-refractivity contribution in [1.29, 1.82) is 0 Å². The Morgan fingerprint density at radius 1 is 0.411 bits per heavy atom. The Bertz CT molecular complexity index is 3460. The van der Waals surface area contributed by atoms with E-state index in [4.69, 9.17) is 18.8 Å². The van der Waals surface area contributed by atoms with Crippen molar-refractivity contribution in [2.45, 2.75) is 6.17 Å². The van der Waals surface area contributed by atoms with E-state index in [0.29, 0.717) is 5.84 Å². The van der Waals surface area contributed by atoms with E-state index in [9.17, 15) is 0 Å². The lowest BCUT2D eigenvalue weighted by atomic mass is 9.97. The summed E-state index contributed by atoms with van der Waals surface area (Å²) in [5, 5.41) is 15.1. The van der Waals surface area contributed by atoms with Gasteiger partial charge in [0.2, 0.25) is 0 Å². The lowest BCUT2D eigenvalue weighted by molar-refractivity contribution is 0.668. The van der Waals surface area contributed by atoms with E-state index in [1.807, 2.05) is 36.4 Å². The van der Waals surface area contributed by atoms with Crippen LogP contribution in [0, 0.1) is 0 Å². The van der Waals surface area contributed by atoms with E-state index in [1.54, 1.807) is 0 Å². The molecular weight excluding hydrogens is 687 g/mol. The molecule has 0 saturated carbocycles. The van der Waals surface area contributed by atoms with Crippen LogP contribution in [0.15, 0.2) is 195 Å². The Morgan fingerprint density at radius 2 is 1.07 bits per heavy atom. The van der Waals surface area contributed by atoms with Crippen LogP contribution in [0.1, 0.15) is 22.9 Å². The van der Waals surface area contributed by atoms with Gasteiger partial charge in [-0.25, -0.2) is 9.98 Å². The highest BCUT2D eigenvalue weighted by atomic mass is 16.3. The first-order valence-electron chi connectivity index (χ1n) is 18.9. The first-order valence-corrected chi connectivity index (χ1v) is 18.9. The topological polar surface area (TPSA) is 63.0 Å². The molecule has 0 aliphatic carbocycles. The molecule has 5 nitrogen and oxygen atoms in total. The van der Waals surface area contributed by atoms with Gasteiger partial charge in [0.25, 0.3) is 0 Å². The normalized spacial score (nSPS) is 14.6. The SMILES string of the molecule is c1ccc(C2=NC(c3cccc4oc5cc(-c6cccc7oc8cc9ccccc9cc8c67)ccc5c34)=NC(c3ccc4c(ccc5ccccc54)c3)N2)cc1. The van der Waals surface area contributed by atoms with Crippen molar-refractivity contribution in [3.05, 3.63) is 193 Å². The Kier molecular flexibility index (Phi) is 6.63. The van der Waals surface area contributed by atoms with Gasteiger partial charge in [-0.05, 0) is 91.5 Å². The zero-order valence-electron chi connectivity index (χ0n) is 30.0. The summed E-state index contributed by atoms with van der Waals surface area (Å²) in [6.07, 6.45) is -0.351. The predicted octanol–water partition coefficient (Wildman–Crippen LogP) is 13.1. The zero-order valence-corrected chi connectivity index (χ0v) is 30.0. The number of amidine groups is 2. The number of furan rings is 2. The van der Waals surface area contributed by atoms with Crippen molar-refractivity contribution in [3.8, 4) is 11.1 Å². The van der Waals surface area contributed by atoms with E-state index in [0.717, 1.165) is 82.9 Å². The summed E-state index contributed by atoms with van der Waals surface area (Å²) in [5.41, 5.74) is 8.50. The highest BCUT2D eigenvalue weighted by molar-refractivity contribution is 6.23. The van der Waals surface area contributed by atoms with Crippen LogP contribution in [0.5, 0.6) is 0 Å². The summed E-state index contributed by atoms with van der Waals surface area (Å²) >= 11 is 0. The fourth-order valence-electron chi connectivity index (χ4n) is 8.62. The van der Waals surface area contributed by atoms with E-state index in [-0.39, 0.29) is 6.17 Å². The van der Waals surface area contributed by atoms with Crippen molar-refractivity contribution in [3.63, 3.8) is 0 Å². The minimum absolute atomic E-state index is 0.351. The van der Waals surface area contributed by atoms with Crippen molar-refractivity contribution in [2.24, 2.45) is 9.98 Å². The molecule has 1 atom stereocenters. The Morgan fingerprint density at radius 3 is 1.91 bits per heavy atom. The summed E-state index contributed by atoms with van der Waals surface area (Å²) < 4.78 is 13.1. The lowest BCUT2D eigenvalue weighted by Gasteiger charge is -2.24. The molecule has 11 aromatic rings. The molecule has 2 aromatic heterocycles. The largest absolute Gasteiger partial charge is 0.456 e. The van der Waals surface area contributed by atoms with Gasteiger partial charge in [0, 0.05) is 32.7 Å². The van der Waals surface area contributed by atoms with Crippen LogP contribution < -0.4 is 5.32 Å². The second kappa shape index (κ2) is 12.0. The van der Waals surface area contributed by atoms with Crippen molar-refractivity contribution in [1.82, 2.24) is 5.32 Å². The van der Waals surface area contributed by atoms with Gasteiger partial charge in [-0.3, -0.25) is 0 Å². The van der Waals surface area contributed by atoms with E-state index < -0.39 is 0 Å². The van der Waals surface area contributed by atoms with Crippen LogP contribution in [-0.4, -0.2) is 11.7 Å². The van der Waals surface area contributed by atoms with Gasteiger partial charge in [-0.2, -0.15) is 0 Å². The molecule has 1 unspecified atom stereocenters. The molecule has 0 saturated heterocycles. The zero-order chi connectivity index (χ0) is 36.7. The third-order valence-corrected chi connectivity index (χ3v) is 11.3. The van der Waals surface area contributed by atoms with E-state index in [2.05, 4.69) is 145 Å². The molecule has 9 aromatic carbocycles. The van der Waals surface area contributed by atoms with Gasteiger partial charge in [0.05, 0.1) is 0 Å². The molecule has 5 heteroatoms. The van der Waals surface area contributed by atoms with Crippen LogP contribution in [0.25, 0.3) is 87.3 Å². The third kappa shape index (κ3) is 4.81. The Labute approximate surface area is 320 Å². The molecule has 1 N–H and O–H groups in total. The minimum Gasteiger partial charge on any atom is -0.456 e. The molecule has 56 heavy (non-hydrogen) atoms. The highest BCUT2D eigenvalue weighted by Gasteiger charge is 2.24. The van der Waals surface area contributed by atoms with Crippen LogP contribution in [-0.2, 0) is 0 Å².